The van der Waals surface area contributed by atoms with Gasteiger partial charge in [0.15, 0.2) is 0 Å². The fourth-order valence-electron chi connectivity index (χ4n) is 2.43. The van der Waals surface area contributed by atoms with Gasteiger partial charge in [0.25, 0.3) is 0 Å². The number of hydrogen-bond acceptors (Lipinski definition) is 2. The Bertz CT molecular complexity index is 352. The minimum Gasteiger partial charge on any atom is -0.435 e. The van der Waals surface area contributed by atoms with E-state index in [4.69, 9.17) is 4.74 Å². The third-order valence-corrected chi connectivity index (χ3v) is 3.82. The molecule has 0 aromatic heterocycles. The van der Waals surface area contributed by atoms with Crippen molar-refractivity contribution in [1.82, 2.24) is 0 Å². The van der Waals surface area contributed by atoms with Crippen LogP contribution in [0.5, 0.6) is 0 Å². The lowest BCUT2D eigenvalue weighted by molar-refractivity contribution is -0.135. The van der Waals surface area contributed by atoms with Gasteiger partial charge >= 0.3 is 5.97 Å². The molecule has 2 aliphatic rings. The SMILES string of the molecule is CC(=O)O/C=C\[C@@H]1C[C@]12C=CC(C)(C)CC2. The first-order valence-electron chi connectivity index (χ1n) is 5.98. The van der Waals surface area contributed by atoms with Crippen LogP contribution >= 0.6 is 0 Å². The van der Waals surface area contributed by atoms with Crippen LogP contribution in [-0.2, 0) is 9.53 Å². The summed E-state index contributed by atoms with van der Waals surface area (Å²) in [5, 5.41) is 0. The Morgan fingerprint density at radius 2 is 2.12 bits per heavy atom. The van der Waals surface area contributed by atoms with Gasteiger partial charge in [-0.1, -0.05) is 26.0 Å². The summed E-state index contributed by atoms with van der Waals surface area (Å²) in [6.07, 6.45) is 12.0. The van der Waals surface area contributed by atoms with E-state index in [-0.39, 0.29) is 5.97 Å². The zero-order valence-corrected chi connectivity index (χ0v) is 10.3. The molecule has 0 saturated heterocycles. The van der Waals surface area contributed by atoms with Gasteiger partial charge in [-0.15, -0.1) is 0 Å². The van der Waals surface area contributed by atoms with Crippen LogP contribution < -0.4 is 0 Å². The van der Waals surface area contributed by atoms with Crippen LogP contribution in [0, 0.1) is 16.7 Å². The first-order valence-corrected chi connectivity index (χ1v) is 5.98. The summed E-state index contributed by atoms with van der Waals surface area (Å²) in [5.74, 6) is 0.325. The highest BCUT2D eigenvalue weighted by Crippen LogP contribution is 2.61. The summed E-state index contributed by atoms with van der Waals surface area (Å²) < 4.78 is 4.82. The summed E-state index contributed by atoms with van der Waals surface area (Å²) in [6, 6.07) is 0. The number of carbonyl (C=O) groups excluding carboxylic acids is 1. The van der Waals surface area contributed by atoms with E-state index in [9.17, 15) is 4.79 Å². The molecule has 1 saturated carbocycles. The third-order valence-electron chi connectivity index (χ3n) is 3.82. The van der Waals surface area contributed by atoms with Gasteiger partial charge in [-0.2, -0.15) is 0 Å². The summed E-state index contributed by atoms with van der Waals surface area (Å²) in [7, 11) is 0. The van der Waals surface area contributed by atoms with Crippen LogP contribution in [0.15, 0.2) is 24.5 Å². The minimum atomic E-state index is -0.244. The standard InChI is InChI=1S/C14H20O2/c1-11(15)16-9-4-12-10-14(12)7-5-13(2,3)6-8-14/h4-5,7,9,12H,6,8,10H2,1-3H3/b9-4-/t12-,14-/m1/s1. The molecule has 0 aromatic carbocycles. The first kappa shape index (κ1) is 11.4. The Morgan fingerprint density at radius 3 is 2.69 bits per heavy atom. The van der Waals surface area contributed by atoms with Crippen molar-refractivity contribution >= 4 is 5.97 Å². The molecule has 0 unspecified atom stereocenters. The summed E-state index contributed by atoms with van der Waals surface area (Å²) in [4.78, 5) is 10.6. The Morgan fingerprint density at radius 1 is 1.38 bits per heavy atom. The summed E-state index contributed by atoms with van der Waals surface area (Å²) in [5.41, 5.74) is 0.740. The lowest BCUT2D eigenvalue weighted by Gasteiger charge is -2.29. The molecule has 1 spiro atoms. The molecule has 0 bridgehead atoms. The van der Waals surface area contributed by atoms with Gasteiger partial charge in [0.2, 0.25) is 0 Å². The molecule has 0 N–H and O–H groups in total. The largest absolute Gasteiger partial charge is 0.435 e. The van der Waals surface area contributed by atoms with E-state index in [0.29, 0.717) is 16.7 Å². The normalized spacial score (nSPS) is 35.6. The maximum absolute atomic E-state index is 10.6. The van der Waals surface area contributed by atoms with E-state index >= 15 is 0 Å². The van der Waals surface area contributed by atoms with E-state index in [1.165, 1.54) is 26.2 Å². The maximum atomic E-state index is 10.6. The minimum absolute atomic E-state index is 0.244. The zero-order chi connectivity index (χ0) is 11.8. The van der Waals surface area contributed by atoms with Crippen LogP contribution in [0.4, 0.5) is 0 Å². The van der Waals surface area contributed by atoms with Crippen LogP contribution in [0.1, 0.15) is 40.0 Å². The number of allylic oxidation sites excluding steroid dienone is 3. The van der Waals surface area contributed by atoms with Crippen molar-refractivity contribution in [1.29, 1.82) is 0 Å². The number of esters is 1. The Kier molecular flexibility index (Phi) is 2.69. The van der Waals surface area contributed by atoms with Crippen molar-refractivity contribution in [3.63, 3.8) is 0 Å². The smallest absolute Gasteiger partial charge is 0.307 e. The molecule has 16 heavy (non-hydrogen) atoms. The maximum Gasteiger partial charge on any atom is 0.307 e. The van der Waals surface area contributed by atoms with Crippen molar-refractivity contribution in [2.75, 3.05) is 0 Å². The molecule has 88 valence electrons. The molecule has 0 aromatic rings. The fourth-order valence-corrected chi connectivity index (χ4v) is 2.43. The Balaban J connectivity index is 1.91. The topological polar surface area (TPSA) is 26.3 Å². The Labute approximate surface area is 97.4 Å². The van der Waals surface area contributed by atoms with Gasteiger partial charge in [0, 0.05) is 6.92 Å². The molecular formula is C14H20O2. The molecule has 2 rings (SSSR count). The molecule has 2 aliphatic carbocycles. The highest BCUT2D eigenvalue weighted by Gasteiger charge is 2.52. The van der Waals surface area contributed by atoms with Crippen LogP contribution in [-0.4, -0.2) is 5.97 Å². The summed E-state index contributed by atoms with van der Waals surface area (Å²) >= 11 is 0. The van der Waals surface area contributed by atoms with E-state index in [1.807, 2.05) is 6.08 Å². The fraction of sp³-hybridized carbons (Fsp3) is 0.643. The molecule has 0 radical (unpaired) electrons. The Hall–Kier alpha value is -1.05. The van der Waals surface area contributed by atoms with E-state index in [1.54, 1.807) is 6.26 Å². The quantitative estimate of drug-likeness (QED) is 0.405. The van der Waals surface area contributed by atoms with Crippen molar-refractivity contribution in [3.8, 4) is 0 Å². The molecule has 1 fully saturated rings. The zero-order valence-electron chi connectivity index (χ0n) is 10.3. The highest BCUT2D eigenvalue weighted by molar-refractivity contribution is 5.66. The molecule has 2 heteroatoms. The van der Waals surface area contributed by atoms with E-state index in [0.717, 1.165) is 0 Å². The number of rotatable bonds is 2. The highest BCUT2D eigenvalue weighted by atomic mass is 16.5. The second-order valence-corrected chi connectivity index (χ2v) is 5.80. The van der Waals surface area contributed by atoms with Crippen LogP contribution in [0.2, 0.25) is 0 Å². The van der Waals surface area contributed by atoms with E-state index < -0.39 is 0 Å². The van der Waals surface area contributed by atoms with Crippen molar-refractivity contribution in [2.45, 2.75) is 40.0 Å². The molecule has 0 amide bonds. The van der Waals surface area contributed by atoms with Crippen LogP contribution in [0.3, 0.4) is 0 Å². The lowest BCUT2D eigenvalue weighted by Crippen LogP contribution is -2.17. The lowest BCUT2D eigenvalue weighted by atomic mass is 9.76. The average Bonchev–Trinajstić information content (AvgIpc) is 2.85. The molecule has 2 atom stereocenters. The predicted octanol–water partition coefficient (Wildman–Crippen LogP) is 3.45. The molecule has 0 aliphatic heterocycles. The molecule has 2 nitrogen and oxygen atoms in total. The number of ether oxygens (including phenoxy) is 1. The predicted molar refractivity (Wildman–Crippen MR) is 63.6 cm³/mol. The second-order valence-electron chi connectivity index (χ2n) is 5.80. The van der Waals surface area contributed by atoms with Gasteiger partial charge in [-0.3, -0.25) is 4.79 Å². The van der Waals surface area contributed by atoms with Gasteiger partial charge in [0.05, 0.1) is 6.26 Å². The van der Waals surface area contributed by atoms with Crippen molar-refractivity contribution in [3.05, 3.63) is 24.5 Å². The number of hydrogen-bond donors (Lipinski definition) is 0. The first-order chi connectivity index (χ1) is 7.44. The molecule has 0 heterocycles. The average molecular weight is 220 g/mol. The summed E-state index contributed by atoms with van der Waals surface area (Å²) in [6.45, 7) is 5.99. The van der Waals surface area contributed by atoms with Gasteiger partial charge < -0.3 is 4.74 Å². The van der Waals surface area contributed by atoms with Crippen LogP contribution in [0.25, 0.3) is 0 Å². The van der Waals surface area contributed by atoms with Gasteiger partial charge in [-0.05, 0) is 42.1 Å². The second kappa shape index (κ2) is 3.76. The number of carbonyl (C=O) groups is 1. The third kappa shape index (κ3) is 2.37. The van der Waals surface area contributed by atoms with Crippen molar-refractivity contribution in [2.24, 2.45) is 16.7 Å². The monoisotopic (exact) mass is 220 g/mol. The van der Waals surface area contributed by atoms with Crippen molar-refractivity contribution < 1.29 is 9.53 Å². The molecular weight excluding hydrogens is 200 g/mol. The van der Waals surface area contributed by atoms with Gasteiger partial charge in [-0.25, -0.2) is 0 Å². The van der Waals surface area contributed by atoms with Gasteiger partial charge in [0.1, 0.15) is 0 Å². The van der Waals surface area contributed by atoms with E-state index in [2.05, 4.69) is 26.0 Å².